The van der Waals surface area contributed by atoms with Crippen LogP contribution in [0.3, 0.4) is 0 Å². The van der Waals surface area contributed by atoms with E-state index in [0.717, 1.165) is 6.54 Å². The summed E-state index contributed by atoms with van der Waals surface area (Å²) in [6.07, 6.45) is 3.32. The summed E-state index contributed by atoms with van der Waals surface area (Å²) in [6, 6.07) is 0. The van der Waals surface area contributed by atoms with Crippen LogP contribution >= 0.6 is 23.2 Å². The van der Waals surface area contributed by atoms with Crippen LogP contribution in [-0.4, -0.2) is 37.4 Å². The number of halogens is 2. The zero-order valence-corrected chi connectivity index (χ0v) is 13.0. The zero-order valence-electron chi connectivity index (χ0n) is 11.5. The maximum atomic E-state index is 12.3. The fourth-order valence-corrected chi connectivity index (χ4v) is 2.26. The average molecular weight is 316 g/mol. The van der Waals surface area contributed by atoms with E-state index in [1.807, 2.05) is 6.92 Å². The van der Waals surface area contributed by atoms with Gasteiger partial charge in [0.25, 0.3) is 5.91 Å². The topological polar surface area (TPSA) is 56.0 Å². The number of hydrogen-bond donors (Lipinski definition) is 0. The molecule has 0 radical (unpaired) electrons. The van der Waals surface area contributed by atoms with Crippen LogP contribution in [0.4, 0.5) is 0 Å². The van der Waals surface area contributed by atoms with Crippen molar-refractivity contribution in [3.8, 4) is 0 Å². The van der Waals surface area contributed by atoms with Crippen LogP contribution in [0.2, 0.25) is 10.0 Å². The third kappa shape index (κ3) is 2.96. The van der Waals surface area contributed by atoms with Crippen molar-refractivity contribution in [1.29, 1.82) is 0 Å². The molecule has 0 unspecified atom stereocenters. The van der Waals surface area contributed by atoms with Gasteiger partial charge in [-0.05, 0) is 6.92 Å². The van der Waals surface area contributed by atoms with Gasteiger partial charge >= 0.3 is 0 Å². The minimum atomic E-state index is -0.266. The minimum absolute atomic E-state index is 0.225. The van der Waals surface area contributed by atoms with Gasteiger partial charge in [-0.2, -0.15) is 10.2 Å². The van der Waals surface area contributed by atoms with Crippen LogP contribution in [-0.2, 0) is 20.1 Å². The van der Waals surface area contributed by atoms with Crippen LogP contribution < -0.4 is 0 Å². The van der Waals surface area contributed by atoms with Gasteiger partial charge in [0.1, 0.15) is 5.69 Å². The summed E-state index contributed by atoms with van der Waals surface area (Å²) in [5.41, 5.74) is 0.874. The van der Waals surface area contributed by atoms with Gasteiger partial charge in [-0.15, -0.1) is 0 Å². The standard InChI is InChI=1S/C12H15Cl2N5O/c1-4-19-6-8(13)10(15-19)7-17(2)12(20)11-9(14)5-18(3)16-11/h5-6H,4,7H2,1-3H3. The van der Waals surface area contributed by atoms with E-state index in [2.05, 4.69) is 10.2 Å². The van der Waals surface area contributed by atoms with Crippen molar-refractivity contribution in [2.75, 3.05) is 7.05 Å². The predicted molar refractivity (Wildman–Crippen MR) is 76.9 cm³/mol. The summed E-state index contributed by atoms with van der Waals surface area (Å²) < 4.78 is 3.23. The van der Waals surface area contributed by atoms with Crippen molar-refractivity contribution in [1.82, 2.24) is 24.5 Å². The number of aromatic nitrogens is 4. The summed E-state index contributed by atoms with van der Waals surface area (Å²) in [7, 11) is 3.37. The summed E-state index contributed by atoms with van der Waals surface area (Å²) in [4.78, 5) is 13.7. The molecule has 0 aliphatic rings. The predicted octanol–water partition coefficient (Wildman–Crippen LogP) is 2.22. The van der Waals surface area contributed by atoms with E-state index in [1.165, 1.54) is 9.58 Å². The zero-order chi connectivity index (χ0) is 14.9. The number of amides is 1. The smallest absolute Gasteiger partial charge is 0.276 e. The monoisotopic (exact) mass is 315 g/mol. The molecule has 0 saturated heterocycles. The fourth-order valence-electron chi connectivity index (χ4n) is 1.79. The van der Waals surface area contributed by atoms with Crippen molar-refractivity contribution in [2.45, 2.75) is 20.0 Å². The Kier molecular flexibility index (Phi) is 4.35. The maximum Gasteiger partial charge on any atom is 0.276 e. The molecular formula is C12H15Cl2N5O. The van der Waals surface area contributed by atoms with Gasteiger partial charge in [0.2, 0.25) is 0 Å². The summed E-state index contributed by atoms with van der Waals surface area (Å²) >= 11 is 12.1. The van der Waals surface area contributed by atoms with Crippen LogP contribution in [0.5, 0.6) is 0 Å². The molecule has 2 aromatic rings. The van der Waals surface area contributed by atoms with Crippen LogP contribution in [0, 0.1) is 0 Å². The highest BCUT2D eigenvalue weighted by Gasteiger charge is 2.20. The molecule has 0 atom stereocenters. The lowest BCUT2D eigenvalue weighted by molar-refractivity contribution is 0.0776. The van der Waals surface area contributed by atoms with Gasteiger partial charge in [0.15, 0.2) is 5.69 Å². The molecule has 0 N–H and O–H groups in total. The van der Waals surface area contributed by atoms with E-state index < -0.39 is 0 Å². The minimum Gasteiger partial charge on any atom is -0.334 e. The largest absolute Gasteiger partial charge is 0.334 e. The van der Waals surface area contributed by atoms with Crippen molar-refractivity contribution in [3.05, 3.63) is 33.8 Å². The molecule has 108 valence electrons. The Morgan fingerprint density at radius 2 is 2.00 bits per heavy atom. The molecule has 1 amide bonds. The molecule has 2 heterocycles. The molecule has 0 spiro atoms. The molecule has 0 aromatic carbocycles. The van der Waals surface area contributed by atoms with E-state index in [9.17, 15) is 4.79 Å². The molecule has 0 aliphatic carbocycles. The number of carbonyl (C=O) groups excluding carboxylic acids is 1. The molecule has 0 bridgehead atoms. The lowest BCUT2D eigenvalue weighted by Gasteiger charge is -2.14. The van der Waals surface area contributed by atoms with Crippen molar-refractivity contribution >= 4 is 29.1 Å². The summed E-state index contributed by atoms with van der Waals surface area (Å²) in [5.74, 6) is -0.266. The Morgan fingerprint density at radius 1 is 1.30 bits per heavy atom. The van der Waals surface area contributed by atoms with Gasteiger partial charge < -0.3 is 4.90 Å². The third-order valence-corrected chi connectivity index (χ3v) is 3.42. The lowest BCUT2D eigenvalue weighted by atomic mass is 10.3. The Balaban J connectivity index is 2.15. The van der Waals surface area contributed by atoms with Crippen molar-refractivity contribution in [3.63, 3.8) is 0 Å². The molecule has 20 heavy (non-hydrogen) atoms. The van der Waals surface area contributed by atoms with Gasteiger partial charge in [0.05, 0.1) is 16.6 Å². The van der Waals surface area contributed by atoms with Gasteiger partial charge in [-0.3, -0.25) is 14.2 Å². The second-order valence-electron chi connectivity index (χ2n) is 4.44. The Morgan fingerprint density at radius 3 is 2.50 bits per heavy atom. The number of aryl methyl sites for hydroxylation is 2. The summed E-state index contributed by atoms with van der Waals surface area (Å²) in [6.45, 7) is 3.00. The number of nitrogens with zero attached hydrogens (tertiary/aromatic N) is 5. The second-order valence-corrected chi connectivity index (χ2v) is 5.25. The molecule has 0 aliphatic heterocycles. The SMILES string of the molecule is CCn1cc(Cl)c(CN(C)C(=O)c2nn(C)cc2Cl)n1. The number of rotatable bonds is 4. The van der Waals surface area contributed by atoms with E-state index in [4.69, 9.17) is 23.2 Å². The van der Waals surface area contributed by atoms with E-state index in [0.29, 0.717) is 22.3 Å². The molecule has 0 saturated carbocycles. The van der Waals surface area contributed by atoms with E-state index >= 15 is 0 Å². The molecule has 0 fully saturated rings. The van der Waals surface area contributed by atoms with Gasteiger partial charge in [-0.25, -0.2) is 0 Å². The normalized spacial score (nSPS) is 10.8. The second kappa shape index (κ2) is 5.85. The first-order valence-corrected chi connectivity index (χ1v) is 6.84. The van der Waals surface area contributed by atoms with E-state index in [1.54, 1.807) is 31.2 Å². The quantitative estimate of drug-likeness (QED) is 0.869. The fraction of sp³-hybridized carbons (Fsp3) is 0.417. The number of carbonyl (C=O) groups is 1. The number of hydrogen-bond acceptors (Lipinski definition) is 3. The molecule has 6 nitrogen and oxygen atoms in total. The molecule has 2 aromatic heterocycles. The molecular weight excluding hydrogens is 301 g/mol. The molecule has 8 heteroatoms. The highest BCUT2D eigenvalue weighted by Crippen LogP contribution is 2.19. The first kappa shape index (κ1) is 14.9. The van der Waals surface area contributed by atoms with Gasteiger partial charge in [0, 0.05) is 33.0 Å². The summed E-state index contributed by atoms with van der Waals surface area (Å²) in [5, 5.41) is 9.22. The van der Waals surface area contributed by atoms with Crippen LogP contribution in [0.1, 0.15) is 23.1 Å². The Bertz CT molecular complexity index is 634. The first-order valence-electron chi connectivity index (χ1n) is 6.08. The highest BCUT2D eigenvalue weighted by molar-refractivity contribution is 6.33. The highest BCUT2D eigenvalue weighted by atomic mass is 35.5. The van der Waals surface area contributed by atoms with Crippen LogP contribution in [0.15, 0.2) is 12.4 Å². The Labute approximate surface area is 126 Å². The lowest BCUT2D eigenvalue weighted by Crippen LogP contribution is -2.27. The van der Waals surface area contributed by atoms with Crippen LogP contribution in [0.25, 0.3) is 0 Å². The molecule has 2 rings (SSSR count). The first-order chi connectivity index (χ1) is 9.42. The Hall–Kier alpha value is -1.53. The maximum absolute atomic E-state index is 12.3. The van der Waals surface area contributed by atoms with Crippen molar-refractivity contribution < 1.29 is 4.79 Å². The van der Waals surface area contributed by atoms with E-state index in [-0.39, 0.29) is 11.6 Å². The van der Waals surface area contributed by atoms with Gasteiger partial charge in [-0.1, -0.05) is 23.2 Å². The van der Waals surface area contributed by atoms with Crippen molar-refractivity contribution in [2.24, 2.45) is 7.05 Å². The third-order valence-electron chi connectivity index (χ3n) is 2.83. The average Bonchev–Trinajstić information content (AvgIpc) is 2.91.